The highest BCUT2D eigenvalue weighted by atomic mass is 16.4. The fraction of sp³-hybridized carbons (Fsp3) is 0.444. The van der Waals surface area contributed by atoms with Crippen molar-refractivity contribution < 1.29 is 14.7 Å². The van der Waals surface area contributed by atoms with E-state index in [1.54, 1.807) is 4.90 Å². The average Bonchev–Trinajstić information content (AvgIpc) is 2.99. The number of rotatable bonds is 4. The van der Waals surface area contributed by atoms with Gasteiger partial charge >= 0.3 is 12.0 Å². The van der Waals surface area contributed by atoms with E-state index in [1.165, 1.54) is 0 Å². The number of nitrogens with zero attached hydrogens (tertiary/aromatic N) is 1. The van der Waals surface area contributed by atoms with E-state index in [2.05, 4.69) is 17.5 Å². The van der Waals surface area contributed by atoms with E-state index in [0.29, 0.717) is 18.3 Å². The summed E-state index contributed by atoms with van der Waals surface area (Å²) in [6, 6.07) is 8.21. The molecule has 1 heterocycles. The van der Waals surface area contributed by atoms with Gasteiger partial charge in [0.25, 0.3) is 0 Å². The van der Waals surface area contributed by atoms with Crippen LogP contribution in [0.25, 0.3) is 0 Å². The first kappa shape index (κ1) is 15.6. The Morgan fingerprint density at radius 1 is 1.13 bits per heavy atom. The maximum atomic E-state index is 12.4. The minimum Gasteiger partial charge on any atom is -0.480 e. The lowest BCUT2D eigenvalue weighted by Crippen LogP contribution is -2.48. The van der Waals surface area contributed by atoms with E-state index in [4.69, 9.17) is 0 Å². The summed E-state index contributed by atoms with van der Waals surface area (Å²) in [7, 11) is 0. The Kier molecular flexibility index (Phi) is 4.65. The van der Waals surface area contributed by atoms with Crippen LogP contribution < -0.4 is 5.32 Å². The van der Waals surface area contributed by atoms with E-state index >= 15 is 0 Å². The molecule has 2 N–H and O–H groups in total. The van der Waals surface area contributed by atoms with Crippen molar-refractivity contribution in [1.82, 2.24) is 10.2 Å². The molecule has 0 bridgehead atoms. The largest absolute Gasteiger partial charge is 0.480 e. The second-order valence-electron chi connectivity index (χ2n) is 6.40. The van der Waals surface area contributed by atoms with Crippen molar-refractivity contribution in [2.75, 3.05) is 13.1 Å². The molecule has 1 fully saturated rings. The lowest BCUT2D eigenvalue weighted by molar-refractivity contribution is -0.139. The van der Waals surface area contributed by atoms with Crippen molar-refractivity contribution in [2.24, 2.45) is 11.8 Å². The first-order valence-corrected chi connectivity index (χ1v) is 8.10. The monoisotopic (exact) mass is 314 g/mol. The van der Waals surface area contributed by atoms with E-state index in [-0.39, 0.29) is 6.03 Å². The molecular weight excluding hydrogens is 292 g/mol. The number of hydrogen-bond acceptors (Lipinski definition) is 2. The van der Waals surface area contributed by atoms with Crippen LogP contribution >= 0.6 is 0 Å². The van der Waals surface area contributed by atoms with Crippen LogP contribution in [0.2, 0.25) is 0 Å². The van der Waals surface area contributed by atoms with Crippen molar-refractivity contribution in [3.05, 3.63) is 48.0 Å². The molecule has 1 aliphatic heterocycles. The van der Waals surface area contributed by atoms with Gasteiger partial charge in [0, 0.05) is 19.5 Å². The van der Waals surface area contributed by atoms with Crippen LogP contribution in [-0.4, -0.2) is 41.1 Å². The van der Waals surface area contributed by atoms with Crippen LogP contribution in [-0.2, 0) is 11.2 Å². The summed E-state index contributed by atoms with van der Waals surface area (Å²) in [6.45, 7) is 1.44. The van der Waals surface area contributed by atoms with Crippen molar-refractivity contribution in [1.29, 1.82) is 0 Å². The first-order chi connectivity index (χ1) is 11.1. The molecule has 5 nitrogen and oxygen atoms in total. The van der Waals surface area contributed by atoms with Crippen LogP contribution in [0.15, 0.2) is 42.5 Å². The molecule has 1 aromatic rings. The fourth-order valence-corrected chi connectivity index (χ4v) is 3.47. The molecule has 3 rings (SSSR count). The smallest absolute Gasteiger partial charge is 0.326 e. The summed E-state index contributed by atoms with van der Waals surface area (Å²) in [6.07, 6.45) is 6.68. The molecule has 0 aromatic heterocycles. The molecule has 2 amide bonds. The molecule has 23 heavy (non-hydrogen) atoms. The van der Waals surface area contributed by atoms with Crippen LogP contribution in [0, 0.1) is 11.8 Å². The topological polar surface area (TPSA) is 69.6 Å². The predicted molar refractivity (Wildman–Crippen MR) is 87.0 cm³/mol. The molecule has 0 spiro atoms. The van der Waals surface area contributed by atoms with E-state index in [9.17, 15) is 14.7 Å². The number of nitrogens with one attached hydrogen (secondary N) is 1. The molecule has 5 heteroatoms. The van der Waals surface area contributed by atoms with Crippen LogP contribution in [0.1, 0.15) is 18.4 Å². The zero-order valence-electron chi connectivity index (χ0n) is 13.0. The number of aliphatic carboxylic acids is 1. The van der Waals surface area contributed by atoms with Crippen LogP contribution in [0.3, 0.4) is 0 Å². The maximum Gasteiger partial charge on any atom is 0.326 e. The van der Waals surface area contributed by atoms with Crippen molar-refractivity contribution in [3.8, 4) is 0 Å². The van der Waals surface area contributed by atoms with Gasteiger partial charge < -0.3 is 15.3 Å². The number of carbonyl (C=O) groups excluding carboxylic acids is 1. The summed E-state index contributed by atoms with van der Waals surface area (Å²) in [5.74, 6) is 0.0341. The van der Waals surface area contributed by atoms with Crippen LogP contribution in [0.5, 0.6) is 0 Å². The van der Waals surface area contributed by atoms with Crippen molar-refractivity contribution >= 4 is 12.0 Å². The van der Waals surface area contributed by atoms with E-state index in [1.807, 2.05) is 30.3 Å². The second kappa shape index (κ2) is 6.86. The zero-order valence-corrected chi connectivity index (χ0v) is 13.0. The van der Waals surface area contributed by atoms with E-state index in [0.717, 1.165) is 31.5 Å². The number of allylic oxidation sites excluding steroid dienone is 2. The number of carboxylic acid groups (broad SMARTS) is 1. The SMILES string of the molecule is O=C(O)[C@H](Cc1ccccc1)NC(=O)N1C[C@H]2CC=CC[C@H]2C1. The molecule has 0 unspecified atom stereocenters. The first-order valence-electron chi connectivity index (χ1n) is 8.10. The van der Waals surface area contributed by atoms with Gasteiger partial charge in [0.15, 0.2) is 0 Å². The van der Waals surface area contributed by atoms with Gasteiger partial charge in [-0.1, -0.05) is 42.5 Å². The summed E-state index contributed by atoms with van der Waals surface area (Å²) < 4.78 is 0. The average molecular weight is 314 g/mol. The molecule has 3 atom stereocenters. The minimum absolute atomic E-state index is 0.261. The maximum absolute atomic E-state index is 12.4. The number of likely N-dealkylation sites (tertiary alicyclic amines) is 1. The predicted octanol–water partition coefficient (Wildman–Crippen LogP) is 2.29. The highest BCUT2D eigenvalue weighted by Gasteiger charge is 2.36. The van der Waals surface area contributed by atoms with Gasteiger partial charge in [-0.3, -0.25) is 0 Å². The van der Waals surface area contributed by atoms with E-state index < -0.39 is 12.0 Å². The summed E-state index contributed by atoms with van der Waals surface area (Å²) in [5.41, 5.74) is 0.902. The number of carboxylic acids is 1. The second-order valence-corrected chi connectivity index (χ2v) is 6.40. The molecule has 1 aliphatic carbocycles. The summed E-state index contributed by atoms with van der Waals surface area (Å²) in [5, 5.41) is 12.1. The van der Waals surface area contributed by atoms with Gasteiger partial charge in [-0.2, -0.15) is 0 Å². The third kappa shape index (κ3) is 3.73. The van der Waals surface area contributed by atoms with Gasteiger partial charge in [-0.15, -0.1) is 0 Å². The summed E-state index contributed by atoms with van der Waals surface area (Å²) >= 11 is 0. The number of urea groups is 1. The van der Waals surface area contributed by atoms with Gasteiger partial charge in [0.2, 0.25) is 0 Å². The highest BCUT2D eigenvalue weighted by molar-refractivity contribution is 5.83. The molecule has 1 aromatic carbocycles. The molecule has 0 saturated carbocycles. The number of fused-ring (bicyclic) bond motifs is 1. The van der Waals surface area contributed by atoms with Gasteiger partial charge in [-0.25, -0.2) is 9.59 Å². The van der Waals surface area contributed by atoms with Crippen LogP contribution in [0.4, 0.5) is 4.79 Å². The minimum atomic E-state index is -1.000. The van der Waals surface area contributed by atoms with Gasteiger partial charge in [0.05, 0.1) is 0 Å². The Morgan fingerprint density at radius 2 is 1.74 bits per heavy atom. The normalized spacial score (nSPS) is 24.1. The third-order valence-corrected chi connectivity index (χ3v) is 4.79. The Morgan fingerprint density at radius 3 is 2.30 bits per heavy atom. The summed E-state index contributed by atoms with van der Waals surface area (Å²) in [4.78, 5) is 25.7. The Hall–Kier alpha value is -2.30. The molecule has 122 valence electrons. The fourth-order valence-electron chi connectivity index (χ4n) is 3.47. The van der Waals surface area contributed by atoms with Gasteiger partial charge in [0.1, 0.15) is 6.04 Å². The quantitative estimate of drug-likeness (QED) is 0.838. The number of carbonyl (C=O) groups is 2. The zero-order chi connectivity index (χ0) is 16.2. The Bertz CT molecular complexity index is 584. The Balaban J connectivity index is 1.59. The molecule has 2 aliphatic rings. The third-order valence-electron chi connectivity index (χ3n) is 4.79. The van der Waals surface area contributed by atoms with Crippen molar-refractivity contribution in [3.63, 3.8) is 0 Å². The number of hydrogen-bond donors (Lipinski definition) is 2. The molecular formula is C18H22N2O3. The molecule has 0 radical (unpaired) electrons. The highest BCUT2D eigenvalue weighted by Crippen LogP contribution is 2.32. The van der Waals surface area contributed by atoms with Crippen molar-refractivity contribution in [2.45, 2.75) is 25.3 Å². The lowest BCUT2D eigenvalue weighted by Gasteiger charge is -2.21. The lowest BCUT2D eigenvalue weighted by atomic mass is 9.86. The van der Waals surface area contributed by atoms with Gasteiger partial charge in [-0.05, 0) is 30.2 Å². The number of benzene rings is 1. The Labute approximate surface area is 136 Å². The standard InChI is InChI=1S/C18H22N2O3/c21-17(22)16(10-13-6-2-1-3-7-13)19-18(23)20-11-14-8-4-5-9-15(14)12-20/h1-7,14-16H,8-12H2,(H,19,23)(H,21,22)/t14-,15+,16-/m0/s1. The molecule has 1 saturated heterocycles. The number of amides is 2.